The van der Waals surface area contributed by atoms with Gasteiger partial charge in [0, 0.05) is 24.2 Å². The maximum absolute atomic E-state index is 14.5. The van der Waals surface area contributed by atoms with Gasteiger partial charge in [0.2, 0.25) is 11.8 Å². The Labute approximate surface area is 236 Å². The first-order valence-electron chi connectivity index (χ1n) is 13.3. The van der Waals surface area contributed by atoms with Crippen molar-refractivity contribution in [2.75, 3.05) is 37.4 Å². The zero-order chi connectivity index (χ0) is 27.6. The van der Waals surface area contributed by atoms with E-state index >= 15 is 0 Å². The number of aromatic nitrogens is 2. The van der Waals surface area contributed by atoms with Gasteiger partial charge in [-0.3, -0.25) is 14.5 Å². The molecule has 0 saturated carbocycles. The molecule has 7 nitrogen and oxygen atoms in total. The number of hydrogen-bond donors (Lipinski definition) is 0. The number of hydrogen-bond acceptors (Lipinski definition) is 5. The number of methoxy groups -OCH3 is 1. The van der Waals surface area contributed by atoms with Gasteiger partial charge in [-0.05, 0) is 54.8 Å². The van der Waals surface area contributed by atoms with Gasteiger partial charge >= 0.3 is 0 Å². The van der Waals surface area contributed by atoms with Crippen molar-refractivity contribution in [1.29, 1.82) is 0 Å². The predicted octanol–water partition coefficient (Wildman–Crippen LogP) is 5.48. The number of ether oxygens (including phenoxy) is 1. The number of carbonyl (C=O) groups excluding carboxylic acids is 2. The number of anilines is 1. The lowest BCUT2D eigenvalue weighted by atomic mass is 9.99. The van der Waals surface area contributed by atoms with E-state index in [1.807, 2.05) is 65.6 Å². The fraction of sp³-hybridized carbons (Fsp3) is 0.258. The summed E-state index contributed by atoms with van der Waals surface area (Å²) < 4.78 is 21.6. The third kappa shape index (κ3) is 4.97. The lowest BCUT2D eigenvalue weighted by Gasteiger charge is -2.25. The highest BCUT2D eigenvalue weighted by Crippen LogP contribution is 2.48. The van der Waals surface area contributed by atoms with Gasteiger partial charge < -0.3 is 9.64 Å². The number of likely N-dealkylation sites (tertiary alicyclic amines) is 1. The molecule has 9 heteroatoms. The number of carbonyl (C=O) groups is 2. The predicted molar refractivity (Wildman–Crippen MR) is 154 cm³/mol. The molecule has 6 rings (SSSR count). The van der Waals surface area contributed by atoms with E-state index in [9.17, 15) is 14.0 Å². The summed E-state index contributed by atoms with van der Waals surface area (Å²) in [6.45, 7) is 1.31. The molecule has 4 aromatic rings. The number of rotatable bonds is 6. The van der Waals surface area contributed by atoms with Crippen LogP contribution in [0.2, 0.25) is 0 Å². The molecule has 1 atom stereocenters. The Hall–Kier alpha value is -4.11. The fourth-order valence-electron chi connectivity index (χ4n) is 5.37. The molecule has 204 valence electrons. The van der Waals surface area contributed by atoms with Gasteiger partial charge in [-0.1, -0.05) is 42.5 Å². The highest BCUT2D eigenvalue weighted by atomic mass is 32.2. The first-order valence-corrected chi connectivity index (χ1v) is 14.4. The van der Waals surface area contributed by atoms with Crippen LogP contribution in [0.1, 0.15) is 29.2 Å². The fourth-order valence-corrected chi connectivity index (χ4v) is 6.55. The third-order valence-electron chi connectivity index (χ3n) is 7.36. The van der Waals surface area contributed by atoms with E-state index < -0.39 is 0 Å². The molecule has 0 bridgehead atoms. The standard InChI is InChI=1S/C31H29FN4O3S/c1-39-25-14-12-24(13-15-25)36-31-28(29(33-36)21-8-3-2-4-9-21)30(22-10-7-11-23(32)18-22)40-20-27(38)35(31)19-26(37)34-16-5-6-17-34/h2-4,7-15,18,30H,5-6,16-17,19-20H2,1H3. The zero-order valence-corrected chi connectivity index (χ0v) is 22.9. The second-order valence-corrected chi connectivity index (χ2v) is 11.0. The number of fused-ring (bicyclic) bond motifs is 1. The van der Waals surface area contributed by atoms with Crippen LogP contribution in [-0.2, 0) is 9.59 Å². The van der Waals surface area contributed by atoms with Crippen LogP contribution in [0.3, 0.4) is 0 Å². The Kier molecular flexibility index (Phi) is 7.30. The molecular weight excluding hydrogens is 527 g/mol. The summed E-state index contributed by atoms with van der Waals surface area (Å²) in [5.74, 6) is 0.734. The SMILES string of the molecule is COc1ccc(-n2nc(-c3ccccc3)c3c2N(CC(=O)N2CCCC2)C(=O)CSC3c2cccc(F)c2)cc1. The maximum atomic E-state index is 14.5. The normalized spacial score (nSPS) is 17.1. The summed E-state index contributed by atoms with van der Waals surface area (Å²) in [5, 5.41) is 4.68. The number of halogens is 1. The summed E-state index contributed by atoms with van der Waals surface area (Å²) in [7, 11) is 1.60. The van der Waals surface area contributed by atoms with Crippen molar-refractivity contribution in [1.82, 2.24) is 14.7 Å². The van der Waals surface area contributed by atoms with Gasteiger partial charge in [-0.25, -0.2) is 9.07 Å². The summed E-state index contributed by atoms with van der Waals surface area (Å²) in [6, 6.07) is 23.7. The quantitative estimate of drug-likeness (QED) is 0.315. The number of nitrogens with zero attached hydrogens (tertiary/aromatic N) is 4. The Morgan fingerprint density at radius 2 is 1.77 bits per heavy atom. The Bertz CT molecular complexity index is 1530. The second-order valence-electron chi connectivity index (χ2n) is 9.88. The molecule has 2 aliphatic rings. The molecule has 2 amide bonds. The molecule has 0 radical (unpaired) electrons. The summed E-state index contributed by atoms with van der Waals surface area (Å²) in [5.41, 5.74) is 3.78. The van der Waals surface area contributed by atoms with Crippen LogP contribution < -0.4 is 9.64 Å². The minimum absolute atomic E-state index is 0.0850. The average molecular weight is 557 g/mol. The van der Waals surface area contributed by atoms with Crippen molar-refractivity contribution in [2.45, 2.75) is 18.1 Å². The lowest BCUT2D eigenvalue weighted by Crippen LogP contribution is -2.43. The molecule has 3 heterocycles. The van der Waals surface area contributed by atoms with Crippen LogP contribution >= 0.6 is 11.8 Å². The Morgan fingerprint density at radius 3 is 2.48 bits per heavy atom. The molecule has 0 aliphatic carbocycles. The number of benzene rings is 3. The molecule has 1 aromatic heterocycles. The van der Waals surface area contributed by atoms with E-state index in [1.54, 1.807) is 22.8 Å². The molecular formula is C31H29FN4O3S. The summed E-state index contributed by atoms with van der Waals surface area (Å²) in [4.78, 5) is 30.6. The largest absolute Gasteiger partial charge is 0.497 e. The van der Waals surface area contributed by atoms with Crippen LogP contribution in [0.4, 0.5) is 10.2 Å². The van der Waals surface area contributed by atoms with Gasteiger partial charge in [0.15, 0.2) is 0 Å². The van der Waals surface area contributed by atoms with E-state index in [4.69, 9.17) is 9.84 Å². The first kappa shape index (κ1) is 26.1. The Morgan fingerprint density at radius 1 is 1.02 bits per heavy atom. The van der Waals surface area contributed by atoms with Gasteiger partial charge in [0.25, 0.3) is 0 Å². The molecule has 2 aliphatic heterocycles. The van der Waals surface area contributed by atoms with E-state index in [2.05, 4.69) is 0 Å². The molecule has 3 aromatic carbocycles. The van der Waals surface area contributed by atoms with Crippen molar-refractivity contribution in [2.24, 2.45) is 0 Å². The minimum atomic E-state index is -0.385. The topological polar surface area (TPSA) is 67.7 Å². The Balaban J connectivity index is 1.60. The van der Waals surface area contributed by atoms with Crippen LogP contribution in [0.5, 0.6) is 5.75 Å². The molecule has 40 heavy (non-hydrogen) atoms. The summed E-state index contributed by atoms with van der Waals surface area (Å²) >= 11 is 1.43. The van der Waals surface area contributed by atoms with Crippen molar-refractivity contribution in [3.63, 3.8) is 0 Å². The van der Waals surface area contributed by atoms with Gasteiger partial charge in [-0.2, -0.15) is 5.10 Å². The van der Waals surface area contributed by atoms with Crippen LogP contribution in [0.15, 0.2) is 78.9 Å². The van der Waals surface area contributed by atoms with Crippen molar-refractivity contribution in [3.8, 4) is 22.7 Å². The summed E-state index contributed by atoms with van der Waals surface area (Å²) in [6.07, 6.45) is 1.93. The van der Waals surface area contributed by atoms with Crippen LogP contribution in [0.25, 0.3) is 16.9 Å². The van der Waals surface area contributed by atoms with E-state index in [1.165, 1.54) is 23.9 Å². The van der Waals surface area contributed by atoms with E-state index in [0.29, 0.717) is 30.4 Å². The first-order chi connectivity index (χ1) is 19.5. The van der Waals surface area contributed by atoms with Gasteiger partial charge in [0.05, 0.1) is 29.5 Å². The number of thioether (sulfide) groups is 1. The van der Waals surface area contributed by atoms with E-state index in [0.717, 1.165) is 35.2 Å². The minimum Gasteiger partial charge on any atom is -0.497 e. The lowest BCUT2D eigenvalue weighted by molar-refractivity contribution is -0.130. The van der Waals surface area contributed by atoms with Crippen molar-refractivity contribution in [3.05, 3.63) is 95.8 Å². The maximum Gasteiger partial charge on any atom is 0.242 e. The molecule has 1 fully saturated rings. The molecule has 1 unspecified atom stereocenters. The average Bonchev–Trinajstić information content (AvgIpc) is 3.63. The van der Waals surface area contributed by atoms with Crippen molar-refractivity contribution >= 4 is 29.4 Å². The second kappa shape index (κ2) is 11.2. The zero-order valence-electron chi connectivity index (χ0n) is 22.1. The van der Waals surface area contributed by atoms with Gasteiger partial charge in [-0.15, -0.1) is 11.8 Å². The highest BCUT2D eigenvalue weighted by molar-refractivity contribution is 8.00. The monoisotopic (exact) mass is 556 g/mol. The molecule has 1 saturated heterocycles. The van der Waals surface area contributed by atoms with Crippen molar-refractivity contribution < 1.29 is 18.7 Å². The van der Waals surface area contributed by atoms with E-state index in [-0.39, 0.29) is 35.2 Å². The number of amides is 2. The van der Waals surface area contributed by atoms with Gasteiger partial charge in [0.1, 0.15) is 23.9 Å². The highest BCUT2D eigenvalue weighted by Gasteiger charge is 2.38. The van der Waals surface area contributed by atoms with Crippen LogP contribution in [-0.4, -0.2) is 59.0 Å². The molecule has 0 spiro atoms. The smallest absolute Gasteiger partial charge is 0.242 e. The van der Waals surface area contributed by atoms with Crippen LogP contribution in [0, 0.1) is 5.82 Å². The molecule has 0 N–H and O–H groups in total. The third-order valence-corrected chi connectivity index (χ3v) is 8.61.